The quantitative estimate of drug-likeness (QED) is 0.662. The molecule has 0 radical (unpaired) electrons. The molecule has 0 bridgehead atoms. The summed E-state index contributed by atoms with van der Waals surface area (Å²) in [6.07, 6.45) is 0. The van der Waals surface area contributed by atoms with Crippen LogP contribution in [-0.4, -0.2) is 0 Å². The van der Waals surface area contributed by atoms with Crippen LogP contribution in [-0.2, 0) is 5.88 Å². The Kier molecular flexibility index (Phi) is 4.32. The number of rotatable bonds is 3. The Morgan fingerprint density at radius 2 is 1.76 bits per heavy atom. The number of ether oxygens (including phenoxy) is 1. The molecule has 0 unspecified atom stereocenters. The first kappa shape index (κ1) is 12.7. The minimum absolute atomic E-state index is 0.486. The molecule has 0 amide bonds. The molecule has 88 valence electrons. The lowest BCUT2D eigenvalue weighted by atomic mass is 10.2. The number of benzene rings is 2. The topological polar surface area (TPSA) is 9.23 Å². The number of hydrogen-bond acceptors (Lipinski definition) is 1. The van der Waals surface area contributed by atoms with Crippen LogP contribution >= 0.6 is 39.1 Å². The summed E-state index contributed by atoms with van der Waals surface area (Å²) in [5, 5.41) is 0.689. The van der Waals surface area contributed by atoms with Gasteiger partial charge in [-0.25, -0.2) is 0 Å². The monoisotopic (exact) mass is 330 g/mol. The van der Waals surface area contributed by atoms with E-state index in [1.54, 1.807) is 12.1 Å². The molecule has 1 nitrogen and oxygen atoms in total. The second-order valence-electron chi connectivity index (χ2n) is 3.45. The van der Waals surface area contributed by atoms with E-state index in [1.807, 2.05) is 30.3 Å². The molecular formula is C13H9BrCl2O. The Bertz CT molecular complexity index is 511. The summed E-state index contributed by atoms with van der Waals surface area (Å²) < 4.78 is 6.60. The van der Waals surface area contributed by atoms with Crippen molar-refractivity contribution in [1.82, 2.24) is 0 Å². The van der Waals surface area contributed by atoms with E-state index in [9.17, 15) is 0 Å². The highest BCUT2D eigenvalue weighted by Gasteiger charge is 2.03. The van der Waals surface area contributed by atoms with Gasteiger partial charge in [-0.15, -0.1) is 11.6 Å². The van der Waals surface area contributed by atoms with Crippen molar-refractivity contribution in [2.75, 3.05) is 0 Å². The predicted octanol–water partition coefficient (Wildman–Crippen LogP) is 5.63. The van der Waals surface area contributed by atoms with E-state index < -0.39 is 0 Å². The third-order valence-corrected chi connectivity index (χ3v) is 3.37. The van der Waals surface area contributed by atoms with Crippen LogP contribution < -0.4 is 4.74 Å². The molecule has 0 atom stereocenters. The molecule has 2 aromatic rings. The lowest BCUT2D eigenvalue weighted by molar-refractivity contribution is 0.479. The van der Waals surface area contributed by atoms with Gasteiger partial charge < -0.3 is 4.74 Å². The fourth-order valence-corrected chi connectivity index (χ4v) is 2.14. The average molecular weight is 332 g/mol. The van der Waals surface area contributed by atoms with Gasteiger partial charge in [-0.05, 0) is 57.9 Å². The standard InChI is InChI=1S/C13H9BrCl2O/c14-12-7-9(8-15)1-6-13(12)17-11-4-2-10(16)3-5-11/h1-7H,8H2. The molecule has 0 N–H and O–H groups in total. The second kappa shape index (κ2) is 5.76. The van der Waals surface area contributed by atoms with Crippen molar-refractivity contribution in [3.05, 3.63) is 57.5 Å². The van der Waals surface area contributed by atoms with Crippen molar-refractivity contribution in [2.24, 2.45) is 0 Å². The summed E-state index contributed by atoms with van der Waals surface area (Å²) in [6.45, 7) is 0. The SMILES string of the molecule is ClCc1ccc(Oc2ccc(Cl)cc2)c(Br)c1. The van der Waals surface area contributed by atoms with Crippen LogP contribution in [0.1, 0.15) is 5.56 Å². The molecule has 0 aliphatic heterocycles. The average Bonchev–Trinajstić information content (AvgIpc) is 2.34. The first-order valence-electron chi connectivity index (χ1n) is 4.97. The molecule has 0 aliphatic carbocycles. The summed E-state index contributed by atoms with van der Waals surface area (Å²) in [7, 11) is 0. The highest BCUT2D eigenvalue weighted by Crippen LogP contribution is 2.31. The number of alkyl halides is 1. The largest absolute Gasteiger partial charge is 0.456 e. The minimum Gasteiger partial charge on any atom is -0.456 e. The molecule has 0 spiro atoms. The molecule has 0 aliphatic rings. The van der Waals surface area contributed by atoms with Crippen molar-refractivity contribution < 1.29 is 4.74 Å². The summed E-state index contributed by atoms with van der Waals surface area (Å²) in [4.78, 5) is 0. The molecule has 2 aromatic carbocycles. The van der Waals surface area contributed by atoms with E-state index in [4.69, 9.17) is 27.9 Å². The Hall–Kier alpha value is -0.700. The molecule has 4 heteroatoms. The molecule has 17 heavy (non-hydrogen) atoms. The number of halogens is 3. The van der Waals surface area contributed by atoms with E-state index in [2.05, 4.69) is 15.9 Å². The van der Waals surface area contributed by atoms with Crippen LogP contribution in [0.25, 0.3) is 0 Å². The fourth-order valence-electron chi connectivity index (χ4n) is 1.34. The molecule has 0 heterocycles. The normalized spacial score (nSPS) is 10.3. The van der Waals surface area contributed by atoms with Crippen molar-refractivity contribution in [1.29, 1.82) is 0 Å². The van der Waals surface area contributed by atoms with Crippen LogP contribution in [0.5, 0.6) is 11.5 Å². The lowest BCUT2D eigenvalue weighted by Gasteiger charge is -2.08. The van der Waals surface area contributed by atoms with E-state index in [1.165, 1.54) is 0 Å². The van der Waals surface area contributed by atoms with Crippen molar-refractivity contribution in [3.8, 4) is 11.5 Å². The minimum atomic E-state index is 0.486. The van der Waals surface area contributed by atoms with Crippen molar-refractivity contribution >= 4 is 39.1 Å². The maximum atomic E-state index is 5.81. The maximum absolute atomic E-state index is 5.81. The van der Waals surface area contributed by atoms with Crippen LogP contribution in [0.4, 0.5) is 0 Å². The van der Waals surface area contributed by atoms with E-state index >= 15 is 0 Å². The lowest BCUT2D eigenvalue weighted by Crippen LogP contribution is -1.86. The van der Waals surface area contributed by atoms with Gasteiger partial charge >= 0.3 is 0 Å². The Balaban J connectivity index is 2.21. The molecule has 0 saturated carbocycles. The van der Waals surface area contributed by atoms with Gasteiger partial charge in [0, 0.05) is 10.9 Å². The summed E-state index contributed by atoms with van der Waals surface area (Å²) in [5.74, 6) is 1.98. The Morgan fingerprint density at radius 3 is 2.35 bits per heavy atom. The van der Waals surface area contributed by atoms with Crippen LogP contribution in [0.3, 0.4) is 0 Å². The number of hydrogen-bond donors (Lipinski definition) is 0. The van der Waals surface area contributed by atoms with Gasteiger partial charge in [-0.1, -0.05) is 17.7 Å². The molecule has 2 rings (SSSR count). The first-order valence-corrected chi connectivity index (χ1v) is 6.67. The van der Waals surface area contributed by atoms with Crippen LogP contribution in [0.2, 0.25) is 5.02 Å². The van der Waals surface area contributed by atoms with Gasteiger partial charge in [0.1, 0.15) is 11.5 Å². The zero-order valence-corrected chi connectivity index (χ0v) is 11.9. The summed E-state index contributed by atoms with van der Waals surface area (Å²) in [6, 6.07) is 13.0. The maximum Gasteiger partial charge on any atom is 0.141 e. The van der Waals surface area contributed by atoms with Gasteiger partial charge in [0.15, 0.2) is 0 Å². The van der Waals surface area contributed by atoms with Crippen LogP contribution in [0, 0.1) is 0 Å². The fraction of sp³-hybridized carbons (Fsp3) is 0.0769. The van der Waals surface area contributed by atoms with Crippen LogP contribution in [0.15, 0.2) is 46.9 Å². The van der Waals surface area contributed by atoms with Gasteiger partial charge in [-0.3, -0.25) is 0 Å². The van der Waals surface area contributed by atoms with Gasteiger partial charge in [-0.2, -0.15) is 0 Å². The first-order chi connectivity index (χ1) is 8.19. The predicted molar refractivity (Wildman–Crippen MR) is 75.2 cm³/mol. The smallest absolute Gasteiger partial charge is 0.141 e. The molecular weight excluding hydrogens is 323 g/mol. The van der Waals surface area contributed by atoms with Gasteiger partial charge in [0.05, 0.1) is 4.47 Å². The van der Waals surface area contributed by atoms with E-state index in [-0.39, 0.29) is 0 Å². The zero-order chi connectivity index (χ0) is 12.3. The Labute approximate surface area is 118 Å². The highest BCUT2D eigenvalue weighted by molar-refractivity contribution is 9.10. The molecule has 0 fully saturated rings. The summed E-state index contributed by atoms with van der Waals surface area (Å²) >= 11 is 15.0. The third-order valence-electron chi connectivity index (χ3n) is 2.19. The zero-order valence-electron chi connectivity index (χ0n) is 8.79. The second-order valence-corrected chi connectivity index (χ2v) is 5.01. The molecule has 0 saturated heterocycles. The molecule has 0 aromatic heterocycles. The highest BCUT2D eigenvalue weighted by atomic mass is 79.9. The summed E-state index contributed by atoms with van der Waals surface area (Å²) in [5.41, 5.74) is 1.04. The van der Waals surface area contributed by atoms with Crippen molar-refractivity contribution in [3.63, 3.8) is 0 Å². The van der Waals surface area contributed by atoms with Gasteiger partial charge in [0.2, 0.25) is 0 Å². The van der Waals surface area contributed by atoms with Crippen molar-refractivity contribution in [2.45, 2.75) is 5.88 Å². The van der Waals surface area contributed by atoms with E-state index in [0.29, 0.717) is 10.9 Å². The van der Waals surface area contributed by atoms with Gasteiger partial charge in [0.25, 0.3) is 0 Å². The Morgan fingerprint density at radius 1 is 1.06 bits per heavy atom. The van der Waals surface area contributed by atoms with E-state index in [0.717, 1.165) is 21.5 Å². The third kappa shape index (κ3) is 3.38.